The zero-order valence-electron chi connectivity index (χ0n) is 11.1. The Hall–Kier alpha value is -0.590. The molecule has 110 valence electrons. The molecule has 0 aromatic rings. The first-order chi connectivity index (χ1) is 8.95. The highest BCUT2D eigenvalue weighted by atomic mass is 19.4. The smallest absolute Gasteiger partial charge is 0.328 e. The van der Waals surface area contributed by atoms with E-state index in [2.05, 4.69) is 9.80 Å². The number of hydrogen-bond donors (Lipinski definition) is 1. The number of hydrogen-bond acceptors (Lipinski definition) is 3. The zero-order chi connectivity index (χ0) is 13.9. The highest BCUT2D eigenvalue weighted by Gasteiger charge is 2.34. The van der Waals surface area contributed by atoms with E-state index in [1.165, 1.54) is 6.08 Å². The van der Waals surface area contributed by atoms with E-state index in [1.54, 1.807) is 0 Å². The summed E-state index contributed by atoms with van der Waals surface area (Å²) >= 11 is 0. The van der Waals surface area contributed by atoms with E-state index in [0.29, 0.717) is 19.1 Å². The fourth-order valence-electron chi connectivity index (χ4n) is 2.63. The average molecular weight is 277 g/mol. The van der Waals surface area contributed by atoms with Gasteiger partial charge in [0.1, 0.15) is 0 Å². The number of halogens is 3. The molecule has 0 spiro atoms. The van der Waals surface area contributed by atoms with Gasteiger partial charge in [0.25, 0.3) is 0 Å². The normalized spacial score (nSPS) is 24.5. The van der Waals surface area contributed by atoms with E-state index in [9.17, 15) is 13.2 Å². The lowest BCUT2D eigenvalue weighted by molar-refractivity contribution is -0.0960. The van der Waals surface area contributed by atoms with Gasteiger partial charge >= 0.3 is 6.18 Å². The number of piperidine rings is 1. The molecular weight excluding hydrogens is 255 g/mol. The molecule has 0 unspecified atom stereocenters. The molecule has 0 atom stereocenters. The Morgan fingerprint density at radius 2 is 1.74 bits per heavy atom. The van der Waals surface area contributed by atoms with E-state index < -0.39 is 6.18 Å². The number of rotatable bonds is 3. The summed E-state index contributed by atoms with van der Waals surface area (Å²) in [5, 5.41) is 0. The minimum atomic E-state index is -4.14. The highest BCUT2D eigenvalue weighted by Crippen LogP contribution is 2.29. The third kappa shape index (κ3) is 4.47. The molecule has 0 saturated carbocycles. The molecule has 1 saturated heterocycles. The van der Waals surface area contributed by atoms with Crippen molar-refractivity contribution in [1.82, 2.24) is 9.80 Å². The summed E-state index contributed by atoms with van der Waals surface area (Å²) in [6, 6.07) is 0.323. The van der Waals surface area contributed by atoms with Gasteiger partial charge in [-0.05, 0) is 32.4 Å². The summed E-state index contributed by atoms with van der Waals surface area (Å²) in [7, 11) is 0. The Morgan fingerprint density at radius 3 is 2.26 bits per heavy atom. The minimum Gasteiger partial charge on any atom is -0.328 e. The van der Waals surface area contributed by atoms with Gasteiger partial charge in [0.05, 0.1) is 0 Å². The molecule has 1 fully saturated rings. The molecular formula is C13H22F3N3. The standard InChI is InChI=1S/C13H22F3N3/c14-13(15,16)11-1-5-18(6-2-11)9-10-19-7-3-12(17)4-8-19/h1,12H,2-10,17H2. The van der Waals surface area contributed by atoms with Crippen molar-refractivity contribution >= 4 is 0 Å². The van der Waals surface area contributed by atoms with Crippen LogP contribution in [0.4, 0.5) is 13.2 Å². The molecule has 0 amide bonds. The van der Waals surface area contributed by atoms with Gasteiger partial charge in [-0.3, -0.25) is 4.90 Å². The van der Waals surface area contributed by atoms with Gasteiger partial charge in [-0.1, -0.05) is 6.08 Å². The topological polar surface area (TPSA) is 32.5 Å². The molecule has 6 heteroatoms. The summed E-state index contributed by atoms with van der Waals surface area (Å²) in [5.74, 6) is 0. The second kappa shape index (κ2) is 6.24. The Balaban J connectivity index is 1.70. The fraction of sp³-hybridized carbons (Fsp3) is 0.846. The predicted octanol–water partition coefficient (Wildman–Crippen LogP) is 1.60. The maximum absolute atomic E-state index is 12.5. The van der Waals surface area contributed by atoms with Crippen molar-refractivity contribution < 1.29 is 13.2 Å². The van der Waals surface area contributed by atoms with E-state index >= 15 is 0 Å². The summed E-state index contributed by atoms with van der Waals surface area (Å²) in [6.45, 7) is 4.73. The van der Waals surface area contributed by atoms with Crippen LogP contribution in [-0.4, -0.2) is 61.3 Å². The van der Waals surface area contributed by atoms with Crippen molar-refractivity contribution in [2.24, 2.45) is 5.73 Å². The van der Waals surface area contributed by atoms with Crippen molar-refractivity contribution in [3.05, 3.63) is 11.6 Å². The second-order valence-corrected chi connectivity index (χ2v) is 5.46. The highest BCUT2D eigenvalue weighted by molar-refractivity contribution is 5.12. The van der Waals surface area contributed by atoms with Crippen LogP contribution in [0, 0.1) is 0 Å². The van der Waals surface area contributed by atoms with Crippen LogP contribution in [-0.2, 0) is 0 Å². The molecule has 0 radical (unpaired) electrons. The number of alkyl halides is 3. The van der Waals surface area contributed by atoms with Crippen molar-refractivity contribution in [3.8, 4) is 0 Å². The van der Waals surface area contributed by atoms with Crippen molar-refractivity contribution in [1.29, 1.82) is 0 Å². The monoisotopic (exact) mass is 277 g/mol. The van der Waals surface area contributed by atoms with Crippen LogP contribution in [0.5, 0.6) is 0 Å². The quantitative estimate of drug-likeness (QED) is 0.795. The van der Waals surface area contributed by atoms with Crippen LogP contribution in [0.3, 0.4) is 0 Å². The fourth-order valence-corrected chi connectivity index (χ4v) is 2.63. The van der Waals surface area contributed by atoms with Crippen LogP contribution >= 0.6 is 0 Å². The number of likely N-dealkylation sites (tertiary alicyclic amines) is 1. The van der Waals surface area contributed by atoms with Crippen LogP contribution in [0.15, 0.2) is 11.6 Å². The van der Waals surface area contributed by atoms with Crippen molar-refractivity contribution in [3.63, 3.8) is 0 Å². The summed E-state index contributed by atoms with van der Waals surface area (Å²) in [5.41, 5.74) is 5.47. The first-order valence-electron chi connectivity index (χ1n) is 6.91. The molecule has 0 bridgehead atoms. The molecule has 0 aliphatic carbocycles. The van der Waals surface area contributed by atoms with Gasteiger partial charge in [-0.15, -0.1) is 0 Å². The Labute approximate surface area is 112 Å². The molecule has 0 aromatic heterocycles. The summed E-state index contributed by atoms with van der Waals surface area (Å²) in [6.07, 6.45) is -0.644. The largest absolute Gasteiger partial charge is 0.412 e. The van der Waals surface area contributed by atoms with Crippen LogP contribution < -0.4 is 5.73 Å². The third-order valence-electron chi connectivity index (χ3n) is 4.02. The maximum Gasteiger partial charge on any atom is 0.412 e. The van der Waals surface area contributed by atoms with Crippen LogP contribution in [0.1, 0.15) is 19.3 Å². The van der Waals surface area contributed by atoms with Gasteiger partial charge in [-0.2, -0.15) is 13.2 Å². The Kier molecular flexibility index (Phi) is 4.86. The molecule has 3 nitrogen and oxygen atoms in total. The zero-order valence-corrected chi connectivity index (χ0v) is 11.1. The summed E-state index contributed by atoms with van der Waals surface area (Å²) in [4.78, 5) is 4.44. The Morgan fingerprint density at radius 1 is 1.11 bits per heavy atom. The van der Waals surface area contributed by atoms with Gasteiger partial charge in [-0.25, -0.2) is 0 Å². The van der Waals surface area contributed by atoms with E-state index in [-0.39, 0.29) is 12.0 Å². The predicted molar refractivity (Wildman–Crippen MR) is 68.8 cm³/mol. The molecule has 0 aromatic carbocycles. The first kappa shape index (κ1) is 14.8. The SMILES string of the molecule is NC1CCN(CCN2CC=C(C(F)(F)F)CC2)CC1. The summed E-state index contributed by atoms with van der Waals surface area (Å²) < 4.78 is 37.4. The van der Waals surface area contributed by atoms with E-state index in [1.807, 2.05) is 0 Å². The molecule has 2 aliphatic heterocycles. The second-order valence-electron chi connectivity index (χ2n) is 5.46. The molecule has 19 heavy (non-hydrogen) atoms. The molecule has 2 N–H and O–H groups in total. The lowest BCUT2D eigenvalue weighted by atomic mass is 10.1. The van der Waals surface area contributed by atoms with Crippen LogP contribution in [0.2, 0.25) is 0 Å². The first-order valence-corrected chi connectivity index (χ1v) is 6.91. The maximum atomic E-state index is 12.5. The Bertz CT molecular complexity index is 320. The molecule has 2 heterocycles. The molecule has 2 rings (SSSR count). The van der Waals surface area contributed by atoms with E-state index in [4.69, 9.17) is 5.73 Å². The minimum absolute atomic E-state index is 0.119. The van der Waals surface area contributed by atoms with Gasteiger partial charge in [0.15, 0.2) is 0 Å². The van der Waals surface area contributed by atoms with Gasteiger partial charge in [0.2, 0.25) is 0 Å². The average Bonchev–Trinajstić information content (AvgIpc) is 2.37. The van der Waals surface area contributed by atoms with Crippen LogP contribution in [0.25, 0.3) is 0 Å². The number of nitrogens with two attached hydrogens (primary N) is 1. The van der Waals surface area contributed by atoms with Crippen molar-refractivity contribution in [2.45, 2.75) is 31.5 Å². The van der Waals surface area contributed by atoms with E-state index in [0.717, 1.165) is 39.0 Å². The van der Waals surface area contributed by atoms with Gasteiger partial charge in [0, 0.05) is 37.8 Å². The van der Waals surface area contributed by atoms with Gasteiger partial charge < -0.3 is 10.6 Å². The lowest BCUT2D eigenvalue weighted by Gasteiger charge is -2.33. The third-order valence-corrected chi connectivity index (χ3v) is 4.02. The lowest BCUT2D eigenvalue weighted by Crippen LogP contribution is -2.44. The molecule has 2 aliphatic rings. The van der Waals surface area contributed by atoms with Crippen molar-refractivity contribution in [2.75, 3.05) is 39.3 Å². The number of nitrogens with zero attached hydrogens (tertiary/aromatic N) is 2.